The average molecular weight is 351 g/mol. The van der Waals surface area contributed by atoms with Crippen molar-refractivity contribution in [3.05, 3.63) is 52.6 Å². The Balaban J connectivity index is 0.00000169. The molecular weight excluding hydrogens is 345 g/mol. The fourth-order valence-corrected chi connectivity index (χ4v) is 3.60. The van der Waals surface area contributed by atoms with Crippen LogP contribution in [0.2, 0.25) is 0 Å². The molecule has 0 spiro atoms. The number of aromatic amines is 1. The fraction of sp³-hybridized carbons (Fsp3) is 0. The molecule has 4 rings (SSSR count). The molecule has 0 bridgehead atoms. The van der Waals surface area contributed by atoms with Gasteiger partial charge >= 0.3 is 29.6 Å². The number of ketones is 2. The number of benzene rings is 2. The summed E-state index contributed by atoms with van der Waals surface area (Å²) in [7, 11) is -5.05. The number of H-pyrrole nitrogens is 1. The van der Waals surface area contributed by atoms with Gasteiger partial charge in [0.15, 0.2) is 11.6 Å². The number of carbonyl (C=O) groups excluding carboxylic acids is 2. The van der Waals surface area contributed by atoms with Crippen molar-refractivity contribution in [3.63, 3.8) is 0 Å². The first kappa shape index (κ1) is 16.9. The van der Waals surface area contributed by atoms with E-state index in [4.69, 9.17) is 0 Å². The number of carbonyl (C=O) groups is 2. The first-order chi connectivity index (χ1) is 10.9. The molecule has 0 atom stereocenters. The van der Waals surface area contributed by atoms with Crippen molar-refractivity contribution in [1.29, 1.82) is 0 Å². The van der Waals surface area contributed by atoms with Gasteiger partial charge in [-0.25, -0.2) is 8.42 Å². The van der Waals surface area contributed by atoms with Crippen molar-refractivity contribution in [2.24, 2.45) is 0 Å². The molecule has 114 valence electrons. The normalized spacial score (nSPS) is 13.4. The minimum absolute atomic E-state index is 0. The zero-order valence-electron chi connectivity index (χ0n) is 12.2. The van der Waals surface area contributed by atoms with Gasteiger partial charge in [0.05, 0.1) is 10.5 Å². The number of nitrogens with one attached hydrogen (secondary N) is 1. The number of hydrogen-bond donors (Lipinski definition) is 1. The maximum Gasteiger partial charge on any atom is 1.00 e. The van der Waals surface area contributed by atoms with Gasteiger partial charge in [0.25, 0.3) is 0 Å². The molecule has 0 aliphatic heterocycles. The molecule has 0 saturated carbocycles. The third-order valence-electron chi connectivity index (χ3n) is 3.71. The Morgan fingerprint density at radius 1 is 0.958 bits per heavy atom. The van der Waals surface area contributed by atoms with Crippen molar-refractivity contribution in [2.45, 2.75) is 4.90 Å². The summed E-state index contributed by atoms with van der Waals surface area (Å²) in [6, 6.07) is 7.28. The summed E-state index contributed by atoms with van der Waals surface area (Å²) in [5.41, 5.74) is -0.618. The van der Waals surface area contributed by atoms with Crippen molar-refractivity contribution in [3.8, 4) is 0 Å². The quantitative estimate of drug-likeness (QED) is 0.300. The van der Waals surface area contributed by atoms with E-state index in [0.29, 0.717) is 0 Å². The summed E-state index contributed by atoms with van der Waals surface area (Å²) in [6.45, 7) is 0. The molecule has 10 heteroatoms. The first-order valence-electron chi connectivity index (χ1n) is 6.41. The summed E-state index contributed by atoms with van der Waals surface area (Å²) < 4.78 is 35.0. The standard InChI is InChI=1S/C14H7N3O5S.Na/c18-12-6-3-1-2-4-7(6)13(19)10-8(12)5-9-11(16-17-15-9)14(10)23(20,21)22;/h1-5H,(H,15,16,17)(H,20,21,22);/q;+1/p-1. The SMILES string of the molecule is O=C1c2ccccc2C(=O)c2c1cc1n[nH]nc1c2S(=O)(=O)[O-].[Na+]. The summed E-state index contributed by atoms with van der Waals surface area (Å²) in [5, 5.41) is 9.54. The topological polar surface area (TPSA) is 133 Å². The van der Waals surface area contributed by atoms with Gasteiger partial charge in [-0.2, -0.15) is 15.4 Å². The summed E-state index contributed by atoms with van der Waals surface area (Å²) >= 11 is 0. The van der Waals surface area contributed by atoms with Crippen molar-refractivity contribution >= 4 is 32.7 Å². The van der Waals surface area contributed by atoms with E-state index in [-0.39, 0.29) is 57.3 Å². The van der Waals surface area contributed by atoms with Crippen LogP contribution >= 0.6 is 0 Å². The second kappa shape index (κ2) is 5.57. The molecule has 0 radical (unpaired) electrons. The Hall–Kier alpha value is -1.91. The second-order valence-electron chi connectivity index (χ2n) is 4.98. The zero-order chi connectivity index (χ0) is 16.4. The third-order valence-corrected chi connectivity index (χ3v) is 4.60. The molecule has 0 saturated heterocycles. The van der Waals surface area contributed by atoms with Crippen LogP contribution in [0.25, 0.3) is 11.0 Å². The summed E-state index contributed by atoms with van der Waals surface area (Å²) in [6.07, 6.45) is 0. The van der Waals surface area contributed by atoms with Crippen LogP contribution in [0, 0.1) is 0 Å². The van der Waals surface area contributed by atoms with E-state index in [0.717, 1.165) is 0 Å². The molecule has 1 heterocycles. The van der Waals surface area contributed by atoms with Crippen molar-refractivity contribution in [2.75, 3.05) is 0 Å². The zero-order valence-corrected chi connectivity index (χ0v) is 15.0. The minimum atomic E-state index is -5.05. The molecular formula is C14H6N3NaO5S. The molecule has 0 unspecified atom stereocenters. The monoisotopic (exact) mass is 351 g/mol. The third kappa shape index (κ3) is 2.25. The Labute approximate surface area is 157 Å². The molecule has 1 N–H and O–H groups in total. The second-order valence-corrected chi connectivity index (χ2v) is 6.29. The van der Waals surface area contributed by atoms with Crippen LogP contribution in [0.15, 0.2) is 35.2 Å². The van der Waals surface area contributed by atoms with Gasteiger partial charge in [-0.3, -0.25) is 9.59 Å². The van der Waals surface area contributed by atoms with Gasteiger partial charge in [0.2, 0.25) is 0 Å². The molecule has 24 heavy (non-hydrogen) atoms. The van der Waals surface area contributed by atoms with Crippen LogP contribution in [0.1, 0.15) is 31.8 Å². The Bertz CT molecular complexity index is 1140. The summed E-state index contributed by atoms with van der Waals surface area (Å²) in [5.74, 6) is -1.24. The van der Waals surface area contributed by atoms with E-state index < -0.39 is 32.1 Å². The Morgan fingerprint density at radius 3 is 2.21 bits per heavy atom. The molecule has 1 aliphatic carbocycles. The number of fused-ring (bicyclic) bond motifs is 3. The molecule has 0 fully saturated rings. The van der Waals surface area contributed by atoms with Gasteiger partial charge in [-0.15, -0.1) is 0 Å². The predicted molar refractivity (Wildman–Crippen MR) is 75.2 cm³/mol. The fourth-order valence-electron chi connectivity index (χ4n) is 2.76. The molecule has 1 aliphatic rings. The van der Waals surface area contributed by atoms with E-state index in [1.165, 1.54) is 18.2 Å². The van der Waals surface area contributed by atoms with Crippen LogP contribution in [0.5, 0.6) is 0 Å². The van der Waals surface area contributed by atoms with Crippen LogP contribution < -0.4 is 29.6 Å². The molecule has 0 amide bonds. The van der Waals surface area contributed by atoms with E-state index in [9.17, 15) is 22.6 Å². The van der Waals surface area contributed by atoms with Crippen LogP contribution in [0.3, 0.4) is 0 Å². The Kier molecular flexibility index (Phi) is 3.93. The van der Waals surface area contributed by atoms with E-state index in [1.54, 1.807) is 12.1 Å². The predicted octanol–water partition coefficient (Wildman–Crippen LogP) is -2.36. The van der Waals surface area contributed by atoms with Crippen LogP contribution in [0.4, 0.5) is 0 Å². The van der Waals surface area contributed by atoms with Crippen molar-refractivity contribution < 1.29 is 52.1 Å². The maximum atomic E-state index is 12.7. The van der Waals surface area contributed by atoms with Crippen LogP contribution in [-0.2, 0) is 10.1 Å². The number of hydrogen-bond acceptors (Lipinski definition) is 7. The smallest absolute Gasteiger partial charge is 0.744 e. The van der Waals surface area contributed by atoms with E-state index in [2.05, 4.69) is 15.4 Å². The largest absolute Gasteiger partial charge is 1.00 e. The Morgan fingerprint density at radius 2 is 1.58 bits per heavy atom. The van der Waals surface area contributed by atoms with Gasteiger partial charge in [0, 0.05) is 16.7 Å². The minimum Gasteiger partial charge on any atom is -0.744 e. The molecule has 1 aromatic heterocycles. The number of nitrogens with zero attached hydrogens (tertiary/aromatic N) is 2. The van der Waals surface area contributed by atoms with E-state index >= 15 is 0 Å². The molecule has 8 nitrogen and oxygen atoms in total. The molecule has 3 aromatic rings. The van der Waals surface area contributed by atoms with Crippen LogP contribution in [-0.4, -0.2) is 39.9 Å². The van der Waals surface area contributed by atoms with Gasteiger partial charge in [0.1, 0.15) is 21.2 Å². The first-order valence-corrected chi connectivity index (χ1v) is 7.82. The van der Waals surface area contributed by atoms with Crippen molar-refractivity contribution in [1.82, 2.24) is 15.4 Å². The number of aromatic nitrogens is 3. The van der Waals surface area contributed by atoms with Gasteiger partial charge < -0.3 is 4.55 Å². The van der Waals surface area contributed by atoms with Gasteiger partial charge in [-0.05, 0) is 6.07 Å². The maximum absolute atomic E-state index is 12.7. The van der Waals surface area contributed by atoms with E-state index in [1.807, 2.05) is 0 Å². The summed E-state index contributed by atoms with van der Waals surface area (Å²) in [4.78, 5) is 24.5. The average Bonchev–Trinajstić information content (AvgIpc) is 2.97. The van der Waals surface area contributed by atoms with Gasteiger partial charge in [-0.1, -0.05) is 24.3 Å². The number of rotatable bonds is 1. The molecule has 2 aromatic carbocycles.